The van der Waals surface area contributed by atoms with Crippen LogP contribution in [0.4, 0.5) is 0 Å². The maximum atomic E-state index is 12.8. The van der Waals surface area contributed by atoms with Crippen LogP contribution in [0.5, 0.6) is 11.5 Å². The number of ether oxygens (including phenoxy) is 2. The van der Waals surface area contributed by atoms with Crippen LogP contribution in [0.15, 0.2) is 42.5 Å². The Balaban J connectivity index is 1.60. The van der Waals surface area contributed by atoms with Gasteiger partial charge in [-0.2, -0.15) is 0 Å². The molecule has 26 heavy (non-hydrogen) atoms. The van der Waals surface area contributed by atoms with Crippen molar-refractivity contribution in [1.29, 1.82) is 0 Å². The average Bonchev–Trinajstić information content (AvgIpc) is 2.69. The number of nitrogens with one attached hydrogen (secondary N) is 1. The average molecular weight is 376 g/mol. The Bertz CT molecular complexity index is 734. The second kappa shape index (κ2) is 8.43. The van der Waals surface area contributed by atoms with Gasteiger partial charge in [0.2, 0.25) is 0 Å². The van der Waals surface area contributed by atoms with Crippen molar-refractivity contribution in [2.75, 3.05) is 40.4 Å². The highest BCUT2D eigenvalue weighted by Gasteiger charge is 2.25. The number of amides is 1. The van der Waals surface area contributed by atoms with Gasteiger partial charge in [0.15, 0.2) is 0 Å². The fourth-order valence-electron chi connectivity index (χ4n) is 3.21. The van der Waals surface area contributed by atoms with E-state index in [-0.39, 0.29) is 5.91 Å². The van der Waals surface area contributed by atoms with E-state index >= 15 is 0 Å². The molecule has 1 amide bonds. The van der Waals surface area contributed by atoms with E-state index in [9.17, 15) is 4.79 Å². The van der Waals surface area contributed by atoms with Gasteiger partial charge in [-0.05, 0) is 24.3 Å². The van der Waals surface area contributed by atoms with Crippen molar-refractivity contribution >= 4 is 17.5 Å². The van der Waals surface area contributed by atoms with E-state index in [1.807, 2.05) is 17.0 Å². The molecular weight excluding hydrogens is 352 g/mol. The van der Waals surface area contributed by atoms with Crippen LogP contribution in [-0.2, 0) is 6.54 Å². The van der Waals surface area contributed by atoms with Crippen molar-refractivity contribution < 1.29 is 19.2 Å². The number of hydrogen-bond acceptors (Lipinski definition) is 3. The molecule has 1 aliphatic rings. The Morgan fingerprint density at radius 2 is 1.62 bits per heavy atom. The fourth-order valence-corrected chi connectivity index (χ4v) is 3.33. The SMILES string of the molecule is COc1cc(OC)cc(C(=O)N2CC[NH+](Cc3ccc(Cl)cc3)CC2)c1. The van der Waals surface area contributed by atoms with Crippen molar-refractivity contribution in [2.24, 2.45) is 0 Å². The topological polar surface area (TPSA) is 43.2 Å². The molecule has 0 aliphatic carbocycles. The Morgan fingerprint density at radius 1 is 1.04 bits per heavy atom. The first-order chi connectivity index (χ1) is 12.6. The zero-order valence-corrected chi connectivity index (χ0v) is 15.9. The summed E-state index contributed by atoms with van der Waals surface area (Å²) in [5.74, 6) is 1.27. The summed E-state index contributed by atoms with van der Waals surface area (Å²) < 4.78 is 10.5. The summed E-state index contributed by atoms with van der Waals surface area (Å²) in [7, 11) is 3.17. The molecule has 2 aromatic carbocycles. The Hall–Kier alpha value is -2.24. The number of hydrogen-bond donors (Lipinski definition) is 1. The number of piperazine rings is 1. The van der Waals surface area contributed by atoms with Gasteiger partial charge in [-0.1, -0.05) is 23.7 Å². The van der Waals surface area contributed by atoms with Gasteiger partial charge in [0.05, 0.1) is 40.4 Å². The summed E-state index contributed by atoms with van der Waals surface area (Å²) in [5.41, 5.74) is 1.86. The number of rotatable bonds is 5. The van der Waals surface area contributed by atoms with Gasteiger partial charge in [-0.25, -0.2) is 0 Å². The van der Waals surface area contributed by atoms with Gasteiger partial charge >= 0.3 is 0 Å². The number of methoxy groups -OCH3 is 2. The summed E-state index contributed by atoms with van der Waals surface area (Å²) >= 11 is 5.94. The maximum Gasteiger partial charge on any atom is 0.254 e. The van der Waals surface area contributed by atoms with Crippen molar-refractivity contribution in [1.82, 2.24) is 4.90 Å². The normalized spacial score (nSPS) is 15.0. The quantitative estimate of drug-likeness (QED) is 0.868. The van der Waals surface area contributed by atoms with E-state index in [4.69, 9.17) is 21.1 Å². The lowest BCUT2D eigenvalue weighted by molar-refractivity contribution is -0.917. The molecule has 2 aromatic rings. The van der Waals surface area contributed by atoms with Crippen LogP contribution in [0.3, 0.4) is 0 Å². The third-order valence-corrected chi connectivity index (χ3v) is 4.98. The van der Waals surface area contributed by atoms with E-state index in [1.54, 1.807) is 32.4 Å². The van der Waals surface area contributed by atoms with Crippen molar-refractivity contribution in [3.8, 4) is 11.5 Å². The lowest BCUT2D eigenvalue weighted by Crippen LogP contribution is -3.13. The molecule has 0 aromatic heterocycles. The minimum Gasteiger partial charge on any atom is -0.497 e. The smallest absolute Gasteiger partial charge is 0.254 e. The summed E-state index contributed by atoms with van der Waals surface area (Å²) in [6.45, 7) is 4.28. The van der Waals surface area contributed by atoms with Crippen LogP contribution in [-0.4, -0.2) is 51.2 Å². The number of benzene rings is 2. The van der Waals surface area contributed by atoms with Crippen LogP contribution < -0.4 is 14.4 Å². The molecule has 1 heterocycles. The second-order valence-corrected chi connectivity index (χ2v) is 6.88. The zero-order valence-electron chi connectivity index (χ0n) is 15.1. The van der Waals surface area contributed by atoms with Gasteiger partial charge < -0.3 is 19.3 Å². The molecule has 0 atom stereocenters. The largest absolute Gasteiger partial charge is 0.497 e. The molecule has 0 radical (unpaired) electrons. The van der Waals surface area contributed by atoms with Crippen LogP contribution in [0.1, 0.15) is 15.9 Å². The van der Waals surface area contributed by atoms with Gasteiger partial charge in [-0.15, -0.1) is 0 Å². The molecule has 6 heteroatoms. The van der Waals surface area contributed by atoms with Gasteiger partial charge in [0, 0.05) is 22.2 Å². The minimum absolute atomic E-state index is 0.0211. The zero-order chi connectivity index (χ0) is 18.5. The predicted molar refractivity (Wildman–Crippen MR) is 101 cm³/mol. The third kappa shape index (κ3) is 4.48. The molecule has 1 aliphatic heterocycles. The number of quaternary nitrogens is 1. The highest BCUT2D eigenvalue weighted by atomic mass is 35.5. The summed E-state index contributed by atoms with van der Waals surface area (Å²) in [4.78, 5) is 16.2. The van der Waals surface area contributed by atoms with E-state index < -0.39 is 0 Å². The number of carbonyl (C=O) groups is 1. The Kier molecular flexibility index (Phi) is 6.01. The first-order valence-electron chi connectivity index (χ1n) is 8.69. The highest BCUT2D eigenvalue weighted by Crippen LogP contribution is 2.23. The Labute approximate surface area is 159 Å². The van der Waals surface area contributed by atoms with Crippen LogP contribution in [0.25, 0.3) is 0 Å². The molecule has 1 saturated heterocycles. The Morgan fingerprint density at radius 3 is 2.15 bits per heavy atom. The standard InChI is InChI=1S/C20H23ClN2O3/c1-25-18-11-16(12-19(13-18)26-2)20(24)23-9-7-22(8-10-23)14-15-3-5-17(21)6-4-15/h3-6,11-13H,7-10,14H2,1-2H3/p+1. The second-order valence-electron chi connectivity index (χ2n) is 6.45. The third-order valence-electron chi connectivity index (χ3n) is 4.72. The molecular formula is C20H24ClN2O3+. The number of nitrogens with zero attached hydrogens (tertiary/aromatic N) is 1. The molecule has 0 unspecified atom stereocenters. The molecule has 1 N–H and O–H groups in total. The van der Waals surface area contributed by atoms with Crippen LogP contribution >= 0.6 is 11.6 Å². The van der Waals surface area contributed by atoms with Crippen molar-refractivity contribution in [3.63, 3.8) is 0 Å². The predicted octanol–water partition coefficient (Wildman–Crippen LogP) is 1.90. The molecule has 138 valence electrons. The summed E-state index contributed by atoms with van der Waals surface area (Å²) in [5, 5.41) is 0.757. The maximum absolute atomic E-state index is 12.8. The molecule has 3 rings (SSSR count). The lowest BCUT2D eigenvalue weighted by Gasteiger charge is -2.32. The monoisotopic (exact) mass is 375 g/mol. The van der Waals surface area contributed by atoms with E-state index in [0.717, 1.165) is 37.7 Å². The highest BCUT2D eigenvalue weighted by molar-refractivity contribution is 6.30. The van der Waals surface area contributed by atoms with Crippen molar-refractivity contribution in [2.45, 2.75) is 6.54 Å². The fraction of sp³-hybridized carbons (Fsp3) is 0.350. The van der Waals surface area contributed by atoms with Gasteiger partial charge in [0.25, 0.3) is 5.91 Å². The molecule has 1 fully saturated rings. The molecule has 0 bridgehead atoms. The minimum atomic E-state index is 0.0211. The van der Waals surface area contributed by atoms with Gasteiger partial charge in [0.1, 0.15) is 18.0 Å². The van der Waals surface area contributed by atoms with Crippen molar-refractivity contribution in [3.05, 3.63) is 58.6 Å². The summed E-state index contributed by atoms with van der Waals surface area (Å²) in [6.07, 6.45) is 0. The lowest BCUT2D eigenvalue weighted by atomic mass is 10.1. The first-order valence-corrected chi connectivity index (χ1v) is 9.07. The number of halogens is 1. The van der Waals surface area contributed by atoms with E-state index in [1.165, 1.54) is 10.5 Å². The van der Waals surface area contributed by atoms with Crippen LogP contribution in [0, 0.1) is 0 Å². The summed E-state index contributed by atoms with van der Waals surface area (Å²) in [6, 6.07) is 13.3. The van der Waals surface area contributed by atoms with E-state index in [2.05, 4.69) is 12.1 Å². The first kappa shape index (κ1) is 18.5. The molecule has 5 nitrogen and oxygen atoms in total. The van der Waals surface area contributed by atoms with Gasteiger partial charge in [-0.3, -0.25) is 4.79 Å². The molecule has 0 saturated carbocycles. The van der Waals surface area contributed by atoms with E-state index in [0.29, 0.717) is 17.1 Å². The number of carbonyl (C=O) groups excluding carboxylic acids is 1. The van der Waals surface area contributed by atoms with Crippen LogP contribution in [0.2, 0.25) is 5.02 Å². The molecule has 0 spiro atoms.